The standard InChI is InChI=1S/C16H19NO/c1-3-16(17)14-6-4-5-13(11-14)12-7-9-15(18-2)10-8-12/h4-11,16H,3,17H2,1-2H3. The van der Waals surface area contributed by atoms with Crippen molar-refractivity contribution >= 4 is 0 Å². The minimum Gasteiger partial charge on any atom is -0.497 e. The third-order valence-electron chi connectivity index (χ3n) is 3.18. The molecule has 2 N–H and O–H groups in total. The summed E-state index contributed by atoms with van der Waals surface area (Å²) in [4.78, 5) is 0. The Bertz CT molecular complexity index is 505. The molecule has 0 aliphatic heterocycles. The topological polar surface area (TPSA) is 35.2 Å². The van der Waals surface area contributed by atoms with Crippen molar-refractivity contribution in [2.24, 2.45) is 5.73 Å². The van der Waals surface area contributed by atoms with E-state index in [0.717, 1.165) is 12.2 Å². The summed E-state index contributed by atoms with van der Waals surface area (Å²) in [5, 5.41) is 0. The van der Waals surface area contributed by atoms with E-state index in [4.69, 9.17) is 10.5 Å². The molecule has 0 saturated heterocycles. The predicted octanol–water partition coefficient (Wildman–Crippen LogP) is 3.77. The highest BCUT2D eigenvalue weighted by Crippen LogP contribution is 2.25. The number of rotatable bonds is 4. The Kier molecular flexibility index (Phi) is 4.00. The summed E-state index contributed by atoms with van der Waals surface area (Å²) in [5.74, 6) is 0.875. The summed E-state index contributed by atoms with van der Waals surface area (Å²) in [7, 11) is 1.68. The maximum Gasteiger partial charge on any atom is 0.118 e. The van der Waals surface area contributed by atoms with Crippen LogP contribution in [0.25, 0.3) is 11.1 Å². The molecule has 0 radical (unpaired) electrons. The van der Waals surface area contributed by atoms with E-state index in [1.165, 1.54) is 16.7 Å². The molecule has 1 unspecified atom stereocenters. The van der Waals surface area contributed by atoms with Gasteiger partial charge in [0.2, 0.25) is 0 Å². The van der Waals surface area contributed by atoms with E-state index in [0.29, 0.717) is 0 Å². The highest BCUT2D eigenvalue weighted by molar-refractivity contribution is 5.65. The smallest absolute Gasteiger partial charge is 0.118 e. The highest BCUT2D eigenvalue weighted by Gasteiger charge is 2.05. The lowest BCUT2D eigenvalue weighted by atomic mass is 9.99. The van der Waals surface area contributed by atoms with Crippen molar-refractivity contribution in [2.75, 3.05) is 7.11 Å². The molecular weight excluding hydrogens is 222 g/mol. The van der Waals surface area contributed by atoms with Crippen molar-refractivity contribution in [3.8, 4) is 16.9 Å². The quantitative estimate of drug-likeness (QED) is 0.884. The average Bonchev–Trinajstić information content (AvgIpc) is 2.46. The molecule has 2 nitrogen and oxygen atoms in total. The maximum absolute atomic E-state index is 6.07. The monoisotopic (exact) mass is 241 g/mol. The van der Waals surface area contributed by atoms with Gasteiger partial charge in [0.25, 0.3) is 0 Å². The number of nitrogens with two attached hydrogens (primary N) is 1. The van der Waals surface area contributed by atoms with Gasteiger partial charge in [-0.2, -0.15) is 0 Å². The van der Waals surface area contributed by atoms with E-state index < -0.39 is 0 Å². The minimum atomic E-state index is 0.114. The van der Waals surface area contributed by atoms with Gasteiger partial charge in [0.15, 0.2) is 0 Å². The Morgan fingerprint density at radius 2 is 1.78 bits per heavy atom. The normalized spacial score (nSPS) is 12.2. The molecule has 0 aromatic heterocycles. The predicted molar refractivity (Wildman–Crippen MR) is 75.6 cm³/mol. The van der Waals surface area contributed by atoms with Crippen LogP contribution in [-0.4, -0.2) is 7.11 Å². The fraction of sp³-hybridized carbons (Fsp3) is 0.250. The fourth-order valence-electron chi connectivity index (χ4n) is 1.97. The third kappa shape index (κ3) is 2.71. The maximum atomic E-state index is 6.07. The first-order valence-corrected chi connectivity index (χ1v) is 6.24. The Balaban J connectivity index is 2.32. The number of benzene rings is 2. The van der Waals surface area contributed by atoms with Crippen molar-refractivity contribution in [2.45, 2.75) is 19.4 Å². The van der Waals surface area contributed by atoms with Crippen LogP contribution in [0.1, 0.15) is 24.9 Å². The van der Waals surface area contributed by atoms with Gasteiger partial charge in [0, 0.05) is 6.04 Å². The third-order valence-corrected chi connectivity index (χ3v) is 3.18. The molecule has 18 heavy (non-hydrogen) atoms. The van der Waals surface area contributed by atoms with Gasteiger partial charge in [-0.3, -0.25) is 0 Å². The average molecular weight is 241 g/mol. The molecule has 0 amide bonds. The molecule has 2 aromatic rings. The van der Waals surface area contributed by atoms with Crippen LogP contribution >= 0.6 is 0 Å². The molecule has 2 rings (SSSR count). The van der Waals surface area contributed by atoms with E-state index in [-0.39, 0.29) is 6.04 Å². The number of hydrogen-bond acceptors (Lipinski definition) is 2. The Morgan fingerprint density at radius 3 is 2.39 bits per heavy atom. The van der Waals surface area contributed by atoms with E-state index in [1.54, 1.807) is 7.11 Å². The molecule has 0 saturated carbocycles. The van der Waals surface area contributed by atoms with Crippen LogP contribution in [0.15, 0.2) is 48.5 Å². The molecule has 1 atom stereocenters. The molecule has 0 aliphatic carbocycles. The molecule has 2 heteroatoms. The van der Waals surface area contributed by atoms with Crippen LogP contribution < -0.4 is 10.5 Å². The molecule has 0 bridgehead atoms. The molecule has 0 fully saturated rings. The van der Waals surface area contributed by atoms with E-state index in [2.05, 4.69) is 43.3 Å². The van der Waals surface area contributed by atoms with Gasteiger partial charge in [0.05, 0.1) is 7.11 Å². The zero-order valence-corrected chi connectivity index (χ0v) is 10.9. The van der Waals surface area contributed by atoms with Crippen LogP contribution in [0, 0.1) is 0 Å². The molecular formula is C16H19NO. The summed E-state index contributed by atoms with van der Waals surface area (Å²) in [6.07, 6.45) is 0.950. The lowest BCUT2D eigenvalue weighted by Gasteiger charge is -2.11. The highest BCUT2D eigenvalue weighted by atomic mass is 16.5. The first-order chi connectivity index (χ1) is 8.74. The summed E-state index contributed by atoms with van der Waals surface area (Å²) >= 11 is 0. The van der Waals surface area contributed by atoms with E-state index >= 15 is 0 Å². The van der Waals surface area contributed by atoms with Crippen molar-refractivity contribution in [3.63, 3.8) is 0 Å². The van der Waals surface area contributed by atoms with Gasteiger partial charge >= 0.3 is 0 Å². The number of hydrogen-bond donors (Lipinski definition) is 1. The largest absolute Gasteiger partial charge is 0.497 e. The van der Waals surface area contributed by atoms with Crippen molar-refractivity contribution < 1.29 is 4.74 Å². The van der Waals surface area contributed by atoms with Crippen molar-refractivity contribution in [3.05, 3.63) is 54.1 Å². The van der Waals surface area contributed by atoms with Crippen LogP contribution in [0.5, 0.6) is 5.75 Å². The first kappa shape index (κ1) is 12.7. The van der Waals surface area contributed by atoms with E-state index in [9.17, 15) is 0 Å². The second-order valence-corrected chi connectivity index (χ2v) is 4.37. The fourth-order valence-corrected chi connectivity index (χ4v) is 1.97. The summed E-state index contributed by atoms with van der Waals surface area (Å²) < 4.78 is 5.16. The van der Waals surface area contributed by atoms with Gasteiger partial charge in [-0.1, -0.05) is 37.3 Å². The Hall–Kier alpha value is -1.80. The molecule has 2 aromatic carbocycles. The van der Waals surface area contributed by atoms with Crippen LogP contribution in [0.3, 0.4) is 0 Å². The van der Waals surface area contributed by atoms with Crippen molar-refractivity contribution in [1.82, 2.24) is 0 Å². The van der Waals surface area contributed by atoms with Gasteiger partial charge in [-0.25, -0.2) is 0 Å². The SMILES string of the molecule is CCC(N)c1cccc(-c2ccc(OC)cc2)c1. The summed E-state index contributed by atoms with van der Waals surface area (Å²) in [6.45, 7) is 2.10. The molecule has 0 spiro atoms. The number of ether oxygens (including phenoxy) is 1. The molecule has 0 heterocycles. The van der Waals surface area contributed by atoms with Gasteiger partial charge in [-0.05, 0) is 41.3 Å². The minimum absolute atomic E-state index is 0.114. The van der Waals surface area contributed by atoms with Gasteiger partial charge < -0.3 is 10.5 Å². The van der Waals surface area contributed by atoms with E-state index in [1.807, 2.05) is 12.1 Å². The molecule has 0 aliphatic rings. The zero-order valence-electron chi connectivity index (χ0n) is 10.9. The second-order valence-electron chi connectivity index (χ2n) is 4.37. The second kappa shape index (κ2) is 5.69. The van der Waals surface area contributed by atoms with Crippen LogP contribution in [0.2, 0.25) is 0 Å². The Labute approximate surface area is 108 Å². The summed E-state index contributed by atoms with van der Waals surface area (Å²) in [6, 6.07) is 16.6. The van der Waals surface area contributed by atoms with Crippen LogP contribution in [-0.2, 0) is 0 Å². The Morgan fingerprint density at radius 1 is 1.06 bits per heavy atom. The van der Waals surface area contributed by atoms with Gasteiger partial charge in [-0.15, -0.1) is 0 Å². The lowest BCUT2D eigenvalue weighted by Crippen LogP contribution is -2.08. The van der Waals surface area contributed by atoms with Crippen molar-refractivity contribution in [1.29, 1.82) is 0 Å². The summed E-state index contributed by atoms with van der Waals surface area (Å²) in [5.41, 5.74) is 9.63. The van der Waals surface area contributed by atoms with Crippen LogP contribution in [0.4, 0.5) is 0 Å². The lowest BCUT2D eigenvalue weighted by molar-refractivity contribution is 0.415. The zero-order chi connectivity index (χ0) is 13.0. The number of methoxy groups -OCH3 is 1. The molecule has 94 valence electrons. The first-order valence-electron chi connectivity index (χ1n) is 6.24. The van der Waals surface area contributed by atoms with Gasteiger partial charge in [0.1, 0.15) is 5.75 Å².